The molecular formula is C15H13Br2N. The minimum atomic E-state index is 0.0143. The van der Waals surface area contributed by atoms with Gasteiger partial charge in [-0.3, -0.25) is 0 Å². The van der Waals surface area contributed by atoms with E-state index in [0.29, 0.717) is 0 Å². The van der Waals surface area contributed by atoms with Crippen LogP contribution in [-0.4, -0.2) is 0 Å². The predicted octanol–water partition coefficient (Wildman–Crippen LogP) is 5.59. The summed E-state index contributed by atoms with van der Waals surface area (Å²) in [6, 6.07) is 12.8. The molecular weight excluding hydrogens is 354 g/mol. The number of benzene rings is 2. The van der Waals surface area contributed by atoms with Gasteiger partial charge < -0.3 is 5.32 Å². The van der Waals surface area contributed by atoms with Gasteiger partial charge in [-0.25, -0.2) is 0 Å². The number of fused-ring (bicyclic) bond motifs is 2. The Balaban J connectivity index is 2.26. The third-order valence-electron chi connectivity index (χ3n) is 3.58. The van der Waals surface area contributed by atoms with Crippen LogP contribution in [0.1, 0.15) is 25.0 Å². The second kappa shape index (κ2) is 4.10. The van der Waals surface area contributed by atoms with E-state index in [2.05, 4.69) is 87.4 Å². The molecule has 0 spiro atoms. The lowest BCUT2D eigenvalue weighted by molar-refractivity contribution is 0.637. The second-order valence-electron chi connectivity index (χ2n) is 5.13. The average molecular weight is 367 g/mol. The number of nitrogens with one attached hydrogen (secondary N) is 1. The molecule has 18 heavy (non-hydrogen) atoms. The van der Waals surface area contributed by atoms with Crippen molar-refractivity contribution in [3.05, 3.63) is 56.5 Å². The van der Waals surface area contributed by atoms with Crippen molar-refractivity contribution in [2.24, 2.45) is 0 Å². The maximum atomic E-state index is 3.56. The highest BCUT2D eigenvalue weighted by Gasteiger charge is 2.32. The molecule has 0 saturated heterocycles. The maximum absolute atomic E-state index is 3.56. The first-order chi connectivity index (χ1) is 8.48. The summed E-state index contributed by atoms with van der Waals surface area (Å²) in [4.78, 5) is 0. The molecule has 3 rings (SSSR count). The molecule has 0 amide bonds. The van der Waals surface area contributed by atoms with E-state index in [0.717, 1.165) is 8.95 Å². The van der Waals surface area contributed by atoms with Gasteiger partial charge in [0.2, 0.25) is 0 Å². The lowest BCUT2D eigenvalue weighted by Crippen LogP contribution is -2.25. The molecule has 1 heterocycles. The second-order valence-corrected chi connectivity index (χ2v) is 6.96. The SMILES string of the molecule is CC1(C)c2ccc(Br)cc2Nc2ccc(Br)cc21. The number of hydrogen-bond donors (Lipinski definition) is 1. The van der Waals surface area contributed by atoms with E-state index < -0.39 is 0 Å². The summed E-state index contributed by atoms with van der Waals surface area (Å²) >= 11 is 7.09. The minimum Gasteiger partial charge on any atom is -0.355 e. The Hall–Kier alpha value is -0.800. The molecule has 1 aliphatic rings. The van der Waals surface area contributed by atoms with Crippen LogP contribution >= 0.6 is 31.9 Å². The van der Waals surface area contributed by atoms with Crippen LogP contribution in [-0.2, 0) is 5.41 Å². The zero-order chi connectivity index (χ0) is 12.9. The number of hydrogen-bond acceptors (Lipinski definition) is 1. The fraction of sp³-hybridized carbons (Fsp3) is 0.200. The highest BCUT2D eigenvalue weighted by atomic mass is 79.9. The Morgan fingerprint density at radius 3 is 2.28 bits per heavy atom. The lowest BCUT2D eigenvalue weighted by atomic mass is 9.74. The van der Waals surface area contributed by atoms with Crippen molar-refractivity contribution in [1.82, 2.24) is 0 Å². The molecule has 0 aliphatic carbocycles. The number of rotatable bonds is 0. The van der Waals surface area contributed by atoms with E-state index in [1.165, 1.54) is 22.5 Å². The smallest absolute Gasteiger partial charge is 0.0437 e. The van der Waals surface area contributed by atoms with Gasteiger partial charge in [0.05, 0.1) is 0 Å². The minimum absolute atomic E-state index is 0.0143. The fourth-order valence-electron chi connectivity index (χ4n) is 2.60. The van der Waals surface area contributed by atoms with Gasteiger partial charge >= 0.3 is 0 Å². The summed E-state index contributed by atoms with van der Waals surface area (Å²) in [5.41, 5.74) is 5.04. The fourth-order valence-corrected chi connectivity index (χ4v) is 3.32. The van der Waals surface area contributed by atoms with Gasteiger partial charge in [0.15, 0.2) is 0 Å². The molecule has 2 aromatic carbocycles. The Morgan fingerprint density at radius 1 is 0.833 bits per heavy atom. The molecule has 0 bridgehead atoms. The first-order valence-corrected chi connectivity index (χ1v) is 7.44. The van der Waals surface area contributed by atoms with Crippen molar-refractivity contribution in [3.63, 3.8) is 0 Å². The zero-order valence-electron chi connectivity index (χ0n) is 10.2. The Bertz CT molecular complexity index is 632. The van der Waals surface area contributed by atoms with Gasteiger partial charge in [-0.15, -0.1) is 0 Å². The van der Waals surface area contributed by atoms with Crippen molar-refractivity contribution >= 4 is 43.2 Å². The van der Waals surface area contributed by atoms with E-state index in [1.807, 2.05) is 0 Å². The van der Waals surface area contributed by atoms with Gasteiger partial charge in [0.25, 0.3) is 0 Å². The summed E-state index contributed by atoms with van der Waals surface area (Å²) in [7, 11) is 0. The zero-order valence-corrected chi connectivity index (χ0v) is 13.4. The van der Waals surface area contributed by atoms with Crippen molar-refractivity contribution in [2.75, 3.05) is 5.32 Å². The van der Waals surface area contributed by atoms with Gasteiger partial charge in [0.1, 0.15) is 0 Å². The molecule has 0 saturated carbocycles. The normalized spacial score (nSPS) is 15.6. The van der Waals surface area contributed by atoms with E-state index in [1.54, 1.807) is 0 Å². The van der Waals surface area contributed by atoms with E-state index in [9.17, 15) is 0 Å². The summed E-state index contributed by atoms with van der Waals surface area (Å²) in [5, 5.41) is 3.51. The first kappa shape index (κ1) is 12.2. The van der Waals surface area contributed by atoms with Crippen molar-refractivity contribution in [1.29, 1.82) is 0 Å². The lowest BCUT2D eigenvalue weighted by Gasteiger charge is -2.35. The molecule has 92 valence electrons. The standard InChI is InChI=1S/C15H13Br2N/c1-15(2)11-5-3-10(17)8-14(11)18-13-6-4-9(16)7-12(13)15/h3-8,18H,1-2H3. The maximum Gasteiger partial charge on any atom is 0.0437 e. The molecule has 0 fully saturated rings. The molecule has 0 aromatic heterocycles. The molecule has 0 radical (unpaired) electrons. The van der Waals surface area contributed by atoms with Crippen molar-refractivity contribution in [2.45, 2.75) is 19.3 Å². The van der Waals surface area contributed by atoms with Crippen LogP contribution in [0.4, 0.5) is 11.4 Å². The molecule has 1 aliphatic heterocycles. The molecule has 0 atom stereocenters. The molecule has 1 N–H and O–H groups in total. The summed E-state index contributed by atoms with van der Waals surface area (Å²) < 4.78 is 2.22. The third kappa shape index (κ3) is 1.81. The van der Waals surface area contributed by atoms with Gasteiger partial charge in [-0.1, -0.05) is 51.8 Å². The topological polar surface area (TPSA) is 12.0 Å². The van der Waals surface area contributed by atoms with Crippen molar-refractivity contribution in [3.8, 4) is 0 Å². The number of halogens is 2. The third-order valence-corrected chi connectivity index (χ3v) is 4.57. The monoisotopic (exact) mass is 365 g/mol. The van der Waals surface area contributed by atoms with Crippen LogP contribution in [0.2, 0.25) is 0 Å². The van der Waals surface area contributed by atoms with Crippen LogP contribution in [0.25, 0.3) is 0 Å². The summed E-state index contributed by atoms with van der Waals surface area (Å²) in [6.07, 6.45) is 0. The predicted molar refractivity (Wildman–Crippen MR) is 83.7 cm³/mol. The van der Waals surface area contributed by atoms with Gasteiger partial charge in [-0.2, -0.15) is 0 Å². The Morgan fingerprint density at radius 2 is 1.50 bits per heavy atom. The van der Waals surface area contributed by atoms with E-state index in [4.69, 9.17) is 0 Å². The molecule has 1 nitrogen and oxygen atoms in total. The van der Waals surface area contributed by atoms with Crippen LogP contribution < -0.4 is 5.32 Å². The molecule has 3 heteroatoms. The highest BCUT2D eigenvalue weighted by molar-refractivity contribution is 9.10. The first-order valence-electron chi connectivity index (χ1n) is 5.85. The van der Waals surface area contributed by atoms with Crippen LogP contribution in [0, 0.1) is 0 Å². The largest absolute Gasteiger partial charge is 0.355 e. The van der Waals surface area contributed by atoms with Gasteiger partial charge in [0, 0.05) is 25.7 Å². The Labute approximate surface area is 124 Å². The van der Waals surface area contributed by atoms with Gasteiger partial charge in [-0.05, 0) is 41.5 Å². The van der Waals surface area contributed by atoms with Crippen LogP contribution in [0.3, 0.4) is 0 Å². The van der Waals surface area contributed by atoms with E-state index >= 15 is 0 Å². The number of anilines is 2. The quantitative estimate of drug-likeness (QED) is 0.640. The molecule has 0 unspecified atom stereocenters. The highest BCUT2D eigenvalue weighted by Crippen LogP contribution is 2.46. The summed E-state index contributed by atoms with van der Waals surface area (Å²) in [5.74, 6) is 0. The van der Waals surface area contributed by atoms with Crippen LogP contribution in [0.15, 0.2) is 45.3 Å². The molecule has 2 aromatic rings. The summed E-state index contributed by atoms with van der Waals surface area (Å²) in [6.45, 7) is 4.54. The average Bonchev–Trinajstić information content (AvgIpc) is 2.30. The Kier molecular flexibility index (Phi) is 2.79. The van der Waals surface area contributed by atoms with Crippen LogP contribution in [0.5, 0.6) is 0 Å². The van der Waals surface area contributed by atoms with Crippen molar-refractivity contribution < 1.29 is 0 Å². The van der Waals surface area contributed by atoms with E-state index in [-0.39, 0.29) is 5.41 Å².